The molecule has 1 amide bonds. The van der Waals surface area contributed by atoms with Gasteiger partial charge < -0.3 is 11.1 Å². The Bertz CT molecular complexity index is 285. The van der Waals surface area contributed by atoms with Gasteiger partial charge in [-0.2, -0.15) is 13.2 Å². The van der Waals surface area contributed by atoms with Crippen molar-refractivity contribution in [1.29, 1.82) is 0 Å². The van der Waals surface area contributed by atoms with Crippen LogP contribution in [0.2, 0.25) is 0 Å². The molecule has 1 atom stereocenters. The number of alkyl halides is 3. The third-order valence-corrected chi connectivity index (χ3v) is 3.42. The highest BCUT2D eigenvalue weighted by atomic mass is 19.4. The summed E-state index contributed by atoms with van der Waals surface area (Å²) in [6.45, 7) is 6.97. The van der Waals surface area contributed by atoms with E-state index in [-0.39, 0.29) is 24.3 Å². The Morgan fingerprint density at radius 3 is 2.25 bits per heavy atom. The van der Waals surface area contributed by atoms with Crippen molar-refractivity contribution in [2.24, 2.45) is 17.1 Å². The van der Waals surface area contributed by atoms with Crippen LogP contribution in [0.5, 0.6) is 0 Å². The summed E-state index contributed by atoms with van der Waals surface area (Å²) in [5, 5.41) is 2.53. The standard InChI is InChI=1S/C14H27F3N2O/c1-13(2,3)11(7-9-18)5-6-12(20)19-10-4-8-14(15,16)17/h11H,4-10,18H2,1-3H3,(H,19,20). The molecule has 0 radical (unpaired) electrons. The quantitative estimate of drug-likeness (QED) is 0.676. The van der Waals surface area contributed by atoms with E-state index >= 15 is 0 Å². The van der Waals surface area contributed by atoms with E-state index in [9.17, 15) is 18.0 Å². The molecule has 6 heteroatoms. The van der Waals surface area contributed by atoms with Gasteiger partial charge in [0.25, 0.3) is 0 Å². The van der Waals surface area contributed by atoms with Crippen molar-refractivity contribution >= 4 is 5.91 Å². The molecule has 0 rings (SSSR count). The van der Waals surface area contributed by atoms with E-state index in [0.717, 1.165) is 6.42 Å². The lowest BCUT2D eigenvalue weighted by molar-refractivity contribution is -0.136. The van der Waals surface area contributed by atoms with Gasteiger partial charge in [-0.1, -0.05) is 20.8 Å². The zero-order valence-electron chi connectivity index (χ0n) is 12.6. The highest BCUT2D eigenvalue weighted by Gasteiger charge is 2.26. The molecule has 0 saturated carbocycles. The fourth-order valence-electron chi connectivity index (χ4n) is 2.12. The van der Waals surface area contributed by atoms with Crippen LogP contribution in [0.4, 0.5) is 13.2 Å². The van der Waals surface area contributed by atoms with Crippen molar-refractivity contribution < 1.29 is 18.0 Å². The molecular formula is C14H27F3N2O. The van der Waals surface area contributed by atoms with Crippen molar-refractivity contribution in [2.75, 3.05) is 13.1 Å². The normalized spacial score (nSPS) is 14.2. The van der Waals surface area contributed by atoms with Crippen LogP contribution in [0.3, 0.4) is 0 Å². The van der Waals surface area contributed by atoms with E-state index in [2.05, 4.69) is 26.1 Å². The number of hydrogen-bond donors (Lipinski definition) is 2. The lowest BCUT2D eigenvalue weighted by Crippen LogP contribution is -2.28. The number of nitrogens with one attached hydrogen (secondary N) is 1. The summed E-state index contributed by atoms with van der Waals surface area (Å²) < 4.78 is 35.8. The first-order valence-electron chi connectivity index (χ1n) is 7.10. The number of hydrogen-bond acceptors (Lipinski definition) is 2. The minimum absolute atomic E-state index is 0.0687. The number of nitrogens with two attached hydrogens (primary N) is 1. The highest BCUT2D eigenvalue weighted by molar-refractivity contribution is 5.75. The van der Waals surface area contributed by atoms with Crippen molar-refractivity contribution in [3.8, 4) is 0 Å². The number of carbonyl (C=O) groups is 1. The van der Waals surface area contributed by atoms with E-state index in [1.165, 1.54) is 0 Å². The first kappa shape index (κ1) is 19.2. The molecule has 0 bridgehead atoms. The van der Waals surface area contributed by atoms with E-state index < -0.39 is 12.6 Å². The van der Waals surface area contributed by atoms with Crippen molar-refractivity contribution in [1.82, 2.24) is 5.32 Å². The Morgan fingerprint density at radius 1 is 1.20 bits per heavy atom. The van der Waals surface area contributed by atoms with Crippen molar-refractivity contribution in [3.63, 3.8) is 0 Å². The maximum Gasteiger partial charge on any atom is 0.389 e. The van der Waals surface area contributed by atoms with Gasteiger partial charge in [-0.25, -0.2) is 0 Å². The van der Waals surface area contributed by atoms with Crippen LogP contribution >= 0.6 is 0 Å². The molecule has 3 N–H and O–H groups in total. The molecule has 3 nitrogen and oxygen atoms in total. The van der Waals surface area contributed by atoms with Gasteiger partial charge in [0.2, 0.25) is 5.91 Å². The molecule has 0 heterocycles. The zero-order valence-corrected chi connectivity index (χ0v) is 12.6. The van der Waals surface area contributed by atoms with Gasteiger partial charge in [0.15, 0.2) is 0 Å². The van der Waals surface area contributed by atoms with Gasteiger partial charge in [-0.3, -0.25) is 4.79 Å². The first-order chi connectivity index (χ1) is 9.06. The van der Waals surface area contributed by atoms with Crippen LogP contribution in [-0.2, 0) is 4.79 Å². The number of carbonyl (C=O) groups excluding carboxylic acids is 1. The fraction of sp³-hybridized carbons (Fsp3) is 0.929. The molecule has 0 aromatic carbocycles. The summed E-state index contributed by atoms with van der Waals surface area (Å²) in [6.07, 6.45) is -3.17. The fourth-order valence-corrected chi connectivity index (χ4v) is 2.12. The Labute approximate surface area is 119 Å². The van der Waals surface area contributed by atoms with Crippen molar-refractivity contribution in [3.05, 3.63) is 0 Å². The van der Waals surface area contributed by atoms with Gasteiger partial charge >= 0.3 is 6.18 Å². The molecular weight excluding hydrogens is 269 g/mol. The summed E-state index contributed by atoms with van der Waals surface area (Å²) in [5.74, 6) is 0.159. The molecule has 0 aliphatic rings. The Kier molecular flexibility index (Phi) is 8.16. The van der Waals surface area contributed by atoms with E-state index in [1.807, 2.05) is 0 Å². The lowest BCUT2D eigenvalue weighted by Gasteiger charge is -2.30. The highest BCUT2D eigenvalue weighted by Crippen LogP contribution is 2.32. The smallest absolute Gasteiger partial charge is 0.356 e. The van der Waals surface area contributed by atoms with Gasteiger partial charge in [0, 0.05) is 19.4 Å². The lowest BCUT2D eigenvalue weighted by atomic mass is 9.76. The number of halogens is 3. The predicted octanol–water partition coefficient (Wildman–Crippen LogP) is 3.24. The molecule has 0 fully saturated rings. The van der Waals surface area contributed by atoms with Gasteiger partial charge in [0.1, 0.15) is 0 Å². The molecule has 0 aromatic rings. The predicted molar refractivity (Wildman–Crippen MR) is 74.1 cm³/mol. The molecule has 0 aliphatic heterocycles. The van der Waals surface area contributed by atoms with Crippen LogP contribution in [0.1, 0.15) is 52.9 Å². The summed E-state index contributed by atoms with van der Waals surface area (Å²) in [4.78, 5) is 11.6. The van der Waals surface area contributed by atoms with Gasteiger partial charge in [-0.15, -0.1) is 0 Å². The SMILES string of the molecule is CC(C)(C)C(CCN)CCC(=O)NCCCC(F)(F)F. The second-order valence-corrected chi connectivity index (χ2v) is 6.25. The third-order valence-electron chi connectivity index (χ3n) is 3.42. The summed E-state index contributed by atoms with van der Waals surface area (Å²) in [7, 11) is 0. The monoisotopic (exact) mass is 296 g/mol. The van der Waals surface area contributed by atoms with Crippen LogP contribution in [0.25, 0.3) is 0 Å². The minimum Gasteiger partial charge on any atom is -0.356 e. The van der Waals surface area contributed by atoms with Crippen LogP contribution < -0.4 is 11.1 Å². The average molecular weight is 296 g/mol. The molecule has 1 unspecified atom stereocenters. The second-order valence-electron chi connectivity index (χ2n) is 6.25. The Morgan fingerprint density at radius 2 is 1.80 bits per heavy atom. The van der Waals surface area contributed by atoms with E-state index in [0.29, 0.717) is 25.3 Å². The van der Waals surface area contributed by atoms with Crippen molar-refractivity contribution in [2.45, 2.75) is 59.1 Å². The first-order valence-corrected chi connectivity index (χ1v) is 7.10. The van der Waals surface area contributed by atoms with Gasteiger partial charge in [-0.05, 0) is 37.1 Å². The van der Waals surface area contributed by atoms with Crippen LogP contribution in [0.15, 0.2) is 0 Å². The molecule has 0 aliphatic carbocycles. The summed E-state index contributed by atoms with van der Waals surface area (Å²) in [6, 6.07) is 0. The zero-order chi connectivity index (χ0) is 15.8. The minimum atomic E-state index is -4.15. The van der Waals surface area contributed by atoms with Crippen LogP contribution in [-0.4, -0.2) is 25.2 Å². The maximum absolute atomic E-state index is 11.9. The largest absolute Gasteiger partial charge is 0.389 e. The van der Waals surface area contributed by atoms with Crippen LogP contribution in [0, 0.1) is 11.3 Å². The maximum atomic E-state index is 11.9. The van der Waals surface area contributed by atoms with E-state index in [4.69, 9.17) is 5.73 Å². The second kappa shape index (κ2) is 8.49. The molecule has 0 saturated heterocycles. The van der Waals surface area contributed by atoms with E-state index in [1.54, 1.807) is 0 Å². The summed E-state index contributed by atoms with van der Waals surface area (Å²) >= 11 is 0. The molecule has 20 heavy (non-hydrogen) atoms. The third kappa shape index (κ3) is 10.1. The number of rotatable bonds is 8. The average Bonchev–Trinajstić information content (AvgIpc) is 2.27. The molecule has 120 valence electrons. The topological polar surface area (TPSA) is 55.1 Å². The number of amides is 1. The Hall–Kier alpha value is -0.780. The summed E-state index contributed by atoms with van der Waals surface area (Å²) in [5.41, 5.74) is 5.64. The Balaban J connectivity index is 3.91. The molecule has 0 spiro atoms. The van der Waals surface area contributed by atoms with Gasteiger partial charge in [0.05, 0.1) is 0 Å². The molecule has 0 aromatic heterocycles.